The smallest absolute Gasteiger partial charge is 0.217 e. The maximum atomic E-state index is 11.3. The number of nitrogens with zero attached hydrogens (tertiary/aromatic N) is 6. The molecule has 5 rings (SSSR count). The van der Waals surface area contributed by atoms with Crippen LogP contribution in [0.1, 0.15) is 50.3 Å². The molecule has 0 unspecified atom stereocenters. The molecule has 1 amide bonds. The summed E-state index contributed by atoms with van der Waals surface area (Å²) in [5.74, 6) is -0.0442. The summed E-state index contributed by atoms with van der Waals surface area (Å²) in [4.78, 5) is 16.0. The van der Waals surface area contributed by atoms with Gasteiger partial charge in [-0.1, -0.05) is 11.3 Å². The van der Waals surface area contributed by atoms with Crippen molar-refractivity contribution in [2.75, 3.05) is 11.9 Å². The van der Waals surface area contributed by atoms with Crippen molar-refractivity contribution >= 4 is 28.4 Å². The first kappa shape index (κ1) is 23.8. The van der Waals surface area contributed by atoms with Crippen molar-refractivity contribution in [1.29, 1.82) is 5.26 Å². The maximum absolute atomic E-state index is 11.3. The Bertz CT molecular complexity index is 1450. The number of hydrogen-bond donors (Lipinski definition) is 2. The van der Waals surface area contributed by atoms with Crippen LogP contribution in [0.15, 0.2) is 36.7 Å². The summed E-state index contributed by atoms with van der Waals surface area (Å²) in [6, 6.07) is 10.0. The van der Waals surface area contributed by atoms with E-state index in [1.807, 2.05) is 24.4 Å². The minimum atomic E-state index is -0.133. The fourth-order valence-corrected chi connectivity index (χ4v) is 5.22. The molecule has 5 heterocycles. The molecule has 184 valence electrons. The minimum absolute atomic E-state index is 0.0378. The highest BCUT2D eigenvalue weighted by Gasteiger charge is 2.27. The summed E-state index contributed by atoms with van der Waals surface area (Å²) in [5, 5.41) is 30.4. The summed E-state index contributed by atoms with van der Waals surface area (Å²) in [5.41, 5.74) is 4.69. The van der Waals surface area contributed by atoms with E-state index in [1.165, 1.54) is 18.3 Å². The first-order chi connectivity index (χ1) is 17.4. The van der Waals surface area contributed by atoms with E-state index in [-0.39, 0.29) is 24.1 Å². The van der Waals surface area contributed by atoms with Gasteiger partial charge in [0.1, 0.15) is 17.2 Å². The molecule has 1 aliphatic heterocycles. The quantitative estimate of drug-likeness (QED) is 0.405. The fraction of sp³-hybridized carbons (Fsp3) is 0.360. The van der Waals surface area contributed by atoms with Crippen LogP contribution in [0, 0.1) is 11.3 Å². The predicted octanol–water partition coefficient (Wildman–Crippen LogP) is 3.96. The van der Waals surface area contributed by atoms with Gasteiger partial charge in [-0.15, -0.1) is 10.2 Å². The first-order valence-electron chi connectivity index (χ1n) is 11.8. The number of fused-ring (bicyclic) bond motifs is 1. The maximum Gasteiger partial charge on any atom is 0.217 e. The second kappa shape index (κ2) is 10.0. The lowest BCUT2D eigenvalue weighted by atomic mass is 10.1. The highest BCUT2D eigenvalue weighted by Crippen LogP contribution is 2.37. The Morgan fingerprint density at radius 1 is 1.25 bits per heavy atom. The Hall–Kier alpha value is -3.88. The second-order valence-electron chi connectivity index (χ2n) is 9.07. The molecule has 36 heavy (non-hydrogen) atoms. The SMILES string of the molecule is CC(=O)N[C@H]1CC[C@@H](c2nnc(-c3cnc(-c4ccc5cc(C#N)cnn45)cc3NC(C)C)s2)OC1. The van der Waals surface area contributed by atoms with E-state index < -0.39 is 0 Å². The Labute approximate surface area is 212 Å². The van der Waals surface area contributed by atoms with Crippen LogP contribution >= 0.6 is 11.3 Å². The van der Waals surface area contributed by atoms with Gasteiger partial charge in [0.05, 0.1) is 46.9 Å². The summed E-state index contributed by atoms with van der Waals surface area (Å²) in [7, 11) is 0. The number of amides is 1. The van der Waals surface area contributed by atoms with Crippen molar-refractivity contribution in [2.45, 2.75) is 51.8 Å². The molecule has 0 aromatic carbocycles. The van der Waals surface area contributed by atoms with Crippen molar-refractivity contribution in [3.63, 3.8) is 0 Å². The molecule has 0 radical (unpaired) electrons. The third-order valence-corrected chi connectivity index (χ3v) is 6.92. The van der Waals surface area contributed by atoms with Crippen molar-refractivity contribution in [3.05, 3.63) is 47.2 Å². The molecule has 10 nitrogen and oxygen atoms in total. The topological polar surface area (TPSA) is 130 Å². The van der Waals surface area contributed by atoms with Gasteiger partial charge in [-0.05, 0) is 51.0 Å². The van der Waals surface area contributed by atoms with Gasteiger partial charge in [0.2, 0.25) is 5.91 Å². The standard InChI is InChI=1S/C25H26N8O2S/c1-14(2)29-20-9-21(22-6-5-18-8-16(10-26)11-28-33(18)22)27-12-19(20)24-31-32-25(36-24)23-7-4-17(13-35-23)30-15(3)34/h5-6,8-9,11-12,14,17,23H,4,7,13H2,1-3H3,(H,27,29)(H,30,34)/t17-,23-/m0/s1. The van der Waals surface area contributed by atoms with Gasteiger partial charge in [-0.25, -0.2) is 4.52 Å². The van der Waals surface area contributed by atoms with Crippen LogP contribution in [0.4, 0.5) is 5.69 Å². The summed E-state index contributed by atoms with van der Waals surface area (Å²) >= 11 is 1.50. The molecule has 4 aromatic heterocycles. The first-order valence-corrected chi connectivity index (χ1v) is 12.6. The Kier molecular flexibility index (Phi) is 6.63. The molecule has 2 atom stereocenters. The molecule has 2 N–H and O–H groups in total. The predicted molar refractivity (Wildman–Crippen MR) is 136 cm³/mol. The van der Waals surface area contributed by atoms with Crippen LogP contribution in [0.2, 0.25) is 0 Å². The van der Waals surface area contributed by atoms with Crippen molar-refractivity contribution in [2.24, 2.45) is 0 Å². The van der Waals surface area contributed by atoms with Gasteiger partial charge in [-0.3, -0.25) is 9.78 Å². The van der Waals surface area contributed by atoms with E-state index >= 15 is 0 Å². The van der Waals surface area contributed by atoms with Gasteiger partial charge in [-0.2, -0.15) is 10.4 Å². The highest BCUT2D eigenvalue weighted by molar-refractivity contribution is 7.14. The van der Waals surface area contributed by atoms with Gasteiger partial charge < -0.3 is 15.4 Å². The van der Waals surface area contributed by atoms with E-state index in [0.717, 1.165) is 51.0 Å². The van der Waals surface area contributed by atoms with Gasteiger partial charge in [0, 0.05) is 24.8 Å². The molecule has 0 bridgehead atoms. The fourth-order valence-electron chi connectivity index (χ4n) is 4.27. The number of nitriles is 1. The third kappa shape index (κ3) is 4.91. The zero-order chi connectivity index (χ0) is 25.2. The van der Waals surface area contributed by atoms with Crippen LogP contribution in [0.3, 0.4) is 0 Å². The second-order valence-corrected chi connectivity index (χ2v) is 10.1. The van der Waals surface area contributed by atoms with Crippen molar-refractivity contribution in [1.82, 2.24) is 30.1 Å². The number of anilines is 1. The molecule has 0 aliphatic carbocycles. The number of nitrogens with one attached hydrogen (secondary N) is 2. The van der Waals surface area contributed by atoms with Crippen LogP contribution in [0.25, 0.3) is 27.5 Å². The summed E-state index contributed by atoms with van der Waals surface area (Å²) < 4.78 is 7.76. The highest BCUT2D eigenvalue weighted by atomic mass is 32.1. The molecule has 0 saturated carbocycles. The number of ether oxygens (including phenoxy) is 1. The minimum Gasteiger partial charge on any atom is -0.382 e. The number of carbonyl (C=O) groups excluding carboxylic acids is 1. The lowest BCUT2D eigenvalue weighted by Crippen LogP contribution is -2.40. The van der Waals surface area contributed by atoms with E-state index in [4.69, 9.17) is 15.0 Å². The molecule has 1 fully saturated rings. The van der Waals surface area contributed by atoms with E-state index in [9.17, 15) is 4.79 Å². The van der Waals surface area contributed by atoms with Crippen molar-refractivity contribution < 1.29 is 9.53 Å². The van der Waals surface area contributed by atoms with E-state index in [1.54, 1.807) is 16.8 Å². The van der Waals surface area contributed by atoms with Gasteiger partial charge in [0.15, 0.2) is 5.01 Å². The van der Waals surface area contributed by atoms with Crippen LogP contribution < -0.4 is 10.6 Å². The molecular weight excluding hydrogens is 476 g/mol. The zero-order valence-corrected chi connectivity index (χ0v) is 21.0. The number of hydrogen-bond acceptors (Lipinski definition) is 9. The number of pyridine rings is 1. The number of rotatable bonds is 6. The number of carbonyl (C=O) groups is 1. The monoisotopic (exact) mass is 502 g/mol. The summed E-state index contributed by atoms with van der Waals surface area (Å²) in [6.07, 6.45) is 4.83. The molecule has 0 spiro atoms. The molecule has 11 heteroatoms. The van der Waals surface area contributed by atoms with Gasteiger partial charge >= 0.3 is 0 Å². The van der Waals surface area contributed by atoms with Crippen molar-refractivity contribution in [3.8, 4) is 28.0 Å². The Morgan fingerprint density at radius 2 is 2.11 bits per heavy atom. The zero-order valence-electron chi connectivity index (χ0n) is 20.2. The third-order valence-electron chi connectivity index (χ3n) is 5.87. The van der Waals surface area contributed by atoms with E-state index in [0.29, 0.717) is 12.2 Å². The normalized spacial score (nSPS) is 17.8. The van der Waals surface area contributed by atoms with Crippen LogP contribution in [-0.2, 0) is 9.53 Å². The Balaban J connectivity index is 1.42. The largest absolute Gasteiger partial charge is 0.382 e. The lowest BCUT2D eigenvalue weighted by molar-refractivity contribution is -0.121. The molecule has 1 saturated heterocycles. The lowest BCUT2D eigenvalue weighted by Gasteiger charge is -2.27. The van der Waals surface area contributed by atoms with Gasteiger partial charge in [0.25, 0.3) is 0 Å². The molecule has 4 aromatic rings. The van der Waals surface area contributed by atoms with E-state index in [2.05, 4.69) is 45.8 Å². The average Bonchev–Trinajstić information content (AvgIpc) is 3.51. The Morgan fingerprint density at radius 3 is 2.83 bits per heavy atom. The average molecular weight is 503 g/mol. The number of aromatic nitrogens is 5. The van der Waals surface area contributed by atoms with Crippen LogP contribution in [0.5, 0.6) is 0 Å². The molecular formula is C25H26N8O2S. The summed E-state index contributed by atoms with van der Waals surface area (Å²) in [6.45, 7) is 6.14. The molecule has 1 aliphatic rings. The van der Waals surface area contributed by atoms with Crippen LogP contribution in [-0.4, -0.2) is 49.4 Å².